The maximum absolute atomic E-state index is 12.9. The van der Waals surface area contributed by atoms with Crippen molar-refractivity contribution in [2.45, 2.75) is 13.0 Å². The van der Waals surface area contributed by atoms with Gasteiger partial charge in [0.05, 0.1) is 0 Å². The molecular formula is C24H22FNO4. The molecule has 0 saturated carbocycles. The van der Waals surface area contributed by atoms with Crippen molar-refractivity contribution >= 4 is 12.0 Å². The molecule has 3 aromatic carbocycles. The van der Waals surface area contributed by atoms with Gasteiger partial charge < -0.3 is 20.3 Å². The van der Waals surface area contributed by atoms with E-state index in [4.69, 9.17) is 4.74 Å². The van der Waals surface area contributed by atoms with Gasteiger partial charge in [-0.15, -0.1) is 0 Å². The molecule has 0 heterocycles. The number of halogens is 1. The first-order valence-electron chi connectivity index (χ1n) is 9.44. The van der Waals surface area contributed by atoms with Crippen LogP contribution in [0.1, 0.15) is 16.7 Å². The average molecular weight is 407 g/mol. The smallest absolute Gasteiger partial charge is 0.244 e. The second-order valence-electron chi connectivity index (χ2n) is 6.68. The Kier molecular flexibility index (Phi) is 7.05. The number of hydrogen-bond acceptors (Lipinski definition) is 4. The predicted octanol–water partition coefficient (Wildman–Crippen LogP) is 4.19. The molecule has 0 saturated heterocycles. The second-order valence-corrected chi connectivity index (χ2v) is 6.68. The summed E-state index contributed by atoms with van der Waals surface area (Å²) in [4.78, 5) is 11.9. The van der Waals surface area contributed by atoms with Gasteiger partial charge in [0, 0.05) is 12.6 Å². The van der Waals surface area contributed by atoms with Crippen molar-refractivity contribution in [3.63, 3.8) is 0 Å². The van der Waals surface area contributed by atoms with Crippen LogP contribution in [-0.2, 0) is 17.8 Å². The summed E-state index contributed by atoms with van der Waals surface area (Å²) in [5.74, 6) is -0.102. The highest BCUT2D eigenvalue weighted by molar-refractivity contribution is 5.91. The van der Waals surface area contributed by atoms with E-state index in [2.05, 4.69) is 5.32 Å². The molecule has 5 nitrogen and oxygen atoms in total. The number of ether oxygens (including phenoxy) is 1. The zero-order valence-electron chi connectivity index (χ0n) is 16.2. The van der Waals surface area contributed by atoms with Crippen LogP contribution in [0.5, 0.6) is 17.2 Å². The Labute approximate surface area is 174 Å². The lowest BCUT2D eigenvalue weighted by Crippen LogP contribution is -2.23. The third-order valence-electron chi connectivity index (χ3n) is 4.37. The number of carbonyl (C=O) groups is 1. The van der Waals surface area contributed by atoms with Crippen LogP contribution in [-0.4, -0.2) is 22.7 Å². The Morgan fingerprint density at radius 1 is 0.967 bits per heavy atom. The third-order valence-corrected chi connectivity index (χ3v) is 4.37. The Morgan fingerprint density at radius 3 is 2.37 bits per heavy atom. The zero-order chi connectivity index (χ0) is 21.3. The topological polar surface area (TPSA) is 78.8 Å². The molecule has 0 aliphatic carbocycles. The molecule has 6 heteroatoms. The lowest BCUT2D eigenvalue weighted by molar-refractivity contribution is -0.116. The molecule has 0 spiro atoms. The molecule has 0 unspecified atom stereocenters. The van der Waals surface area contributed by atoms with E-state index in [0.717, 1.165) is 11.1 Å². The number of amides is 1. The van der Waals surface area contributed by atoms with Gasteiger partial charge in [0.2, 0.25) is 5.91 Å². The highest BCUT2D eigenvalue weighted by Crippen LogP contribution is 2.28. The quantitative estimate of drug-likeness (QED) is 0.490. The number of benzene rings is 3. The SMILES string of the molecule is O=C(/C=C/c1ccc(OCc2ccc(F)cc2)c(O)c1)NCCc1ccc(O)cc1. The van der Waals surface area contributed by atoms with Crippen LogP contribution >= 0.6 is 0 Å². The van der Waals surface area contributed by atoms with Gasteiger partial charge in [0.25, 0.3) is 0 Å². The summed E-state index contributed by atoms with van der Waals surface area (Å²) < 4.78 is 18.5. The summed E-state index contributed by atoms with van der Waals surface area (Å²) >= 11 is 0. The normalized spacial score (nSPS) is 10.8. The molecule has 0 fully saturated rings. The Morgan fingerprint density at radius 2 is 1.67 bits per heavy atom. The van der Waals surface area contributed by atoms with Crippen LogP contribution in [0.25, 0.3) is 6.08 Å². The van der Waals surface area contributed by atoms with E-state index >= 15 is 0 Å². The molecule has 3 N–H and O–H groups in total. The van der Waals surface area contributed by atoms with E-state index in [9.17, 15) is 19.4 Å². The molecule has 0 aliphatic heterocycles. The summed E-state index contributed by atoms with van der Waals surface area (Å²) in [7, 11) is 0. The highest BCUT2D eigenvalue weighted by atomic mass is 19.1. The summed E-state index contributed by atoms with van der Waals surface area (Å²) in [5.41, 5.74) is 2.44. The minimum Gasteiger partial charge on any atom is -0.508 e. The van der Waals surface area contributed by atoms with E-state index < -0.39 is 0 Å². The lowest BCUT2D eigenvalue weighted by atomic mass is 10.1. The van der Waals surface area contributed by atoms with Crippen LogP contribution in [0.4, 0.5) is 4.39 Å². The Bertz CT molecular complexity index is 1010. The molecule has 0 bridgehead atoms. The summed E-state index contributed by atoms with van der Waals surface area (Å²) in [6.45, 7) is 0.668. The Balaban J connectivity index is 1.47. The maximum Gasteiger partial charge on any atom is 0.244 e. The van der Waals surface area contributed by atoms with Gasteiger partial charge >= 0.3 is 0 Å². The van der Waals surface area contributed by atoms with E-state index in [-0.39, 0.29) is 29.8 Å². The van der Waals surface area contributed by atoms with Crippen LogP contribution in [0.15, 0.2) is 72.8 Å². The largest absolute Gasteiger partial charge is 0.508 e. The van der Waals surface area contributed by atoms with Gasteiger partial charge in [0.15, 0.2) is 11.5 Å². The number of phenolic OH excluding ortho intramolecular Hbond substituents is 2. The van der Waals surface area contributed by atoms with Gasteiger partial charge in [-0.1, -0.05) is 30.3 Å². The van der Waals surface area contributed by atoms with Gasteiger partial charge in [-0.2, -0.15) is 0 Å². The number of hydrogen-bond donors (Lipinski definition) is 3. The summed E-state index contributed by atoms with van der Waals surface area (Å²) in [6, 6.07) is 17.6. The summed E-state index contributed by atoms with van der Waals surface area (Å²) in [6.07, 6.45) is 3.64. The molecule has 3 rings (SSSR count). The molecule has 0 radical (unpaired) electrons. The minimum absolute atomic E-state index is 0.0491. The third kappa shape index (κ3) is 6.38. The molecule has 0 aromatic heterocycles. The van der Waals surface area contributed by atoms with Gasteiger partial charge in [-0.05, 0) is 65.6 Å². The van der Waals surface area contributed by atoms with Crippen molar-refractivity contribution in [2.75, 3.05) is 6.54 Å². The van der Waals surface area contributed by atoms with Gasteiger partial charge in [-0.25, -0.2) is 4.39 Å². The van der Waals surface area contributed by atoms with Gasteiger partial charge in [-0.3, -0.25) is 4.79 Å². The number of phenols is 2. The van der Waals surface area contributed by atoms with Gasteiger partial charge in [0.1, 0.15) is 18.2 Å². The van der Waals surface area contributed by atoms with E-state index in [1.807, 2.05) is 0 Å². The molecule has 3 aromatic rings. The van der Waals surface area contributed by atoms with Crippen molar-refractivity contribution in [3.05, 3.63) is 95.3 Å². The molecule has 0 aliphatic rings. The first-order valence-corrected chi connectivity index (χ1v) is 9.44. The lowest BCUT2D eigenvalue weighted by Gasteiger charge is -2.09. The predicted molar refractivity (Wildman–Crippen MR) is 113 cm³/mol. The number of carbonyl (C=O) groups excluding carboxylic acids is 1. The van der Waals surface area contributed by atoms with Crippen molar-refractivity contribution in [1.29, 1.82) is 0 Å². The zero-order valence-corrected chi connectivity index (χ0v) is 16.2. The van der Waals surface area contributed by atoms with Crippen molar-refractivity contribution in [3.8, 4) is 17.2 Å². The standard InChI is InChI=1S/C24H22FNO4/c25-20-7-1-19(2-8-20)16-30-23-11-5-18(15-22(23)28)6-12-24(29)26-14-13-17-3-9-21(27)10-4-17/h1-12,15,27-28H,13-14,16H2,(H,26,29)/b12-6+. The van der Waals surface area contributed by atoms with E-state index in [0.29, 0.717) is 24.3 Å². The monoisotopic (exact) mass is 407 g/mol. The average Bonchev–Trinajstić information content (AvgIpc) is 2.74. The number of aromatic hydroxyl groups is 2. The van der Waals surface area contributed by atoms with Crippen molar-refractivity contribution in [2.24, 2.45) is 0 Å². The fourth-order valence-electron chi connectivity index (χ4n) is 2.73. The van der Waals surface area contributed by atoms with Crippen molar-refractivity contribution in [1.82, 2.24) is 5.32 Å². The first kappa shape index (κ1) is 20.9. The number of rotatable bonds is 8. The molecule has 30 heavy (non-hydrogen) atoms. The second kappa shape index (κ2) is 10.1. The van der Waals surface area contributed by atoms with E-state index in [1.165, 1.54) is 24.3 Å². The molecule has 1 amide bonds. The molecule has 154 valence electrons. The van der Waals surface area contributed by atoms with Crippen LogP contribution in [0.3, 0.4) is 0 Å². The first-order chi connectivity index (χ1) is 14.5. The van der Waals surface area contributed by atoms with Crippen LogP contribution in [0.2, 0.25) is 0 Å². The van der Waals surface area contributed by atoms with Crippen molar-refractivity contribution < 1.29 is 24.1 Å². The maximum atomic E-state index is 12.9. The Hall–Kier alpha value is -3.80. The highest BCUT2D eigenvalue weighted by Gasteiger charge is 2.04. The molecular weight excluding hydrogens is 385 g/mol. The number of nitrogens with one attached hydrogen (secondary N) is 1. The van der Waals surface area contributed by atoms with Crippen LogP contribution in [0, 0.1) is 5.82 Å². The molecule has 0 atom stereocenters. The fourth-order valence-corrected chi connectivity index (χ4v) is 2.73. The minimum atomic E-state index is -0.317. The van der Waals surface area contributed by atoms with Crippen LogP contribution < -0.4 is 10.1 Å². The summed E-state index contributed by atoms with van der Waals surface area (Å²) in [5, 5.41) is 22.2. The van der Waals surface area contributed by atoms with E-state index in [1.54, 1.807) is 54.6 Å². The fraction of sp³-hybridized carbons (Fsp3) is 0.125.